The first-order chi connectivity index (χ1) is 12.6. The van der Waals surface area contributed by atoms with Crippen molar-refractivity contribution in [3.63, 3.8) is 0 Å². The Bertz CT molecular complexity index is 854. The predicted molar refractivity (Wildman–Crippen MR) is 106 cm³/mol. The number of rotatable bonds is 2. The van der Waals surface area contributed by atoms with Gasteiger partial charge in [0, 0.05) is 37.4 Å². The highest BCUT2D eigenvalue weighted by molar-refractivity contribution is 5.71. The minimum Gasteiger partial charge on any atom is -0.444 e. The molecule has 1 amide bonds. The van der Waals surface area contributed by atoms with Crippen LogP contribution in [0.15, 0.2) is 6.07 Å². The van der Waals surface area contributed by atoms with Gasteiger partial charge in [0.2, 0.25) is 0 Å². The molecule has 3 rings (SSSR count). The first kappa shape index (κ1) is 19.3. The van der Waals surface area contributed by atoms with Gasteiger partial charge in [-0.15, -0.1) is 0 Å². The van der Waals surface area contributed by atoms with E-state index in [-0.39, 0.29) is 12.1 Å². The van der Waals surface area contributed by atoms with Crippen LogP contribution in [0.5, 0.6) is 0 Å². The molecular weight excluding hydrogens is 344 g/mol. The predicted octanol–water partition coefficient (Wildman–Crippen LogP) is 2.63. The van der Waals surface area contributed by atoms with Crippen molar-refractivity contribution in [2.45, 2.75) is 59.6 Å². The van der Waals surface area contributed by atoms with E-state index in [1.54, 1.807) is 9.42 Å². The number of nitrogens with zero attached hydrogens (tertiary/aromatic N) is 5. The zero-order chi connectivity index (χ0) is 19.9. The smallest absolute Gasteiger partial charge is 0.410 e. The summed E-state index contributed by atoms with van der Waals surface area (Å²) in [6.45, 7) is 13.7. The number of ether oxygens (including phenoxy) is 1. The molecule has 8 nitrogen and oxygen atoms in total. The summed E-state index contributed by atoms with van der Waals surface area (Å²) in [4.78, 5) is 21.2. The Labute approximate surface area is 160 Å². The maximum Gasteiger partial charge on any atom is 0.410 e. The summed E-state index contributed by atoms with van der Waals surface area (Å²) in [6, 6.07) is 2.05. The molecular formula is C19H30N6O2. The van der Waals surface area contributed by atoms with Gasteiger partial charge in [0.05, 0.1) is 5.69 Å². The fourth-order valence-electron chi connectivity index (χ4n) is 3.39. The summed E-state index contributed by atoms with van der Waals surface area (Å²) in [5, 5.41) is 4.54. The normalized spacial score (nSPS) is 18.2. The van der Waals surface area contributed by atoms with Crippen molar-refractivity contribution in [1.29, 1.82) is 0 Å². The van der Waals surface area contributed by atoms with Crippen LogP contribution in [-0.4, -0.2) is 56.9 Å². The molecule has 0 spiro atoms. The molecule has 1 fully saturated rings. The standard InChI is InChI=1S/C19H30N6O2/c1-7-14-16(20)17-21-15(10-12(2)25(17)22-14)23-8-9-24(13(3)11-23)18(26)27-19(4,5)6/h10,13H,7-9,11,20H2,1-6H3/t13-/m0/s1. The number of nitrogens with two attached hydrogens (primary N) is 1. The maximum absolute atomic E-state index is 12.4. The van der Waals surface area contributed by atoms with Gasteiger partial charge in [-0.3, -0.25) is 0 Å². The summed E-state index contributed by atoms with van der Waals surface area (Å²) in [6.07, 6.45) is 0.511. The Morgan fingerprint density at radius 1 is 1.37 bits per heavy atom. The van der Waals surface area contributed by atoms with Gasteiger partial charge in [-0.25, -0.2) is 14.3 Å². The number of amides is 1. The average molecular weight is 374 g/mol. The Hall–Kier alpha value is -2.51. The Morgan fingerprint density at radius 3 is 2.67 bits per heavy atom. The third kappa shape index (κ3) is 3.79. The van der Waals surface area contributed by atoms with E-state index < -0.39 is 5.60 Å². The molecule has 1 aliphatic heterocycles. The lowest BCUT2D eigenvalue weighted by Gasteiger charge is -2.40. The van der Waals surface area contributed by atoms with Crippen LogP contribution in [0.2, 0.25) is 0 Å². The van der Waals surface area contributed by atoms with Crippen molar-refractivity contribution >= 4 is 23.2 Å². The number of anilines is 2. The quantitative estimate of drug-likeness (QED) is 0.869. The lowest BCUT2D eigenvalue weighted by atomic mass is 10.2. The van der Waals surface area contributed by atoms with Crippen LogP contribution in [0.4, 0.5) is 16.3 Å². The number of hydrogen-bond donors (Lipinski definition) is 1. The first-order valence-corrected chi connectivity index (χ1v) is 9.50. The molecule has 0 aliphatic carbocycles. The van der Waals surface area contributed by atoms with Crippen molar-refractivity contribution in [2.24, 2.45) is 0 Å². The molecule has 0 radical (unpaired) electrons. The number of aryl methyl sites for hydroxylation is 2. The van der Waals surface area contributed by atoms with Gasteiger partial charge in [-0.05, 0) is 41.0 Å². The third-order valence-electron chi connectivity index (χ3n) is 4.78. The van der Waals surface area contributed by atoms with E-state index in [4.69, 9.17) is 15.5 Å². The summed E-state index contributed by atoms with van der Waals surface area (Å²) in [5.41, 5.74) is 8.93. The van der Waals surface area contributed by atoms with Crippen LogP contribution in [0.1, 0.15) is 46.0 Å². The second-order valence-corrected chi connectivity index (χ2v) is 8.17. The number of fused-ring (bicyclic) bond motifs is 1. The molecule has 2 aromatic rings. The number of carbonyl (C=O) groups excluding carboxylic acids is 1. The van der Waals surface area contributed by atoms with Crippen molar-refractivity contribution in [2.75, 3.05) is 30.3 Å². The fourth-order valence-corrected chi connectivity index (χ4v) is 3.39. The highest BCUT2D eigenvalue weighted by Gasteiger charge is 2.31. The van der Waals surface area contributed by atoms with Crippen LogP contribution in [0.25, 0.3) is 5.65 Å². The third-order valence-corrected chi connectivity index (χ3v) is 4.78. The minimum absolute atomic E-state index is 0.0281. The highest BCUT2D eigenvalue weighted by Crippen LogP contribution is 2.25. The Morgan fingerprint density at radius 2 is 2.07 bits per heavy atom. The number of piperazine rings is 1. The van der Waals surface area contributed by atoms with Gasteiger partial charge in [0.1, 0.15) is 17.1 Å². The van der Waals surface area contributed by atoms with Gasteiger partial charge < -0.3 is 20.3 Å². The maximum atomic E-state index is 12.4. The van der Waals surface area contributed by atoms with E-state index in [0.717, 1.165) is 23.6 Å². The van der Waals surface area contributed by atoms with Gasteiger partial charge in [0.15, 0.2) is 5.65 Å². The second kappa shape index (κ2) is 6.90. The SMILES string of the molecule is CCc1nn2c(C)cc(N3CCN(C(=O)OC(C)(C)C)[C@@H](C)C3)nc2c1N. The van der Waals surface area contributed by atoms with Gasteiger partial charge in [-0.1, -0.05) is 6.92 Å². The van der Waals surface area contributed by atoms with Crippen LogP contribution < -0.4 is 10.6 Å². The molecule has 2 aromatic heterocycles. The monoisotopic (exact) mass is 374 g/mol. The molecule has 0 bridgehead atoms. The van der Waals surface area contributed by atoms with Crippen molar-refractivity contribution in [1.82, 2.24) is 19.5 Å². The molecule has 1 aliphatic rings. The molecule has 27 heavy (non-hydrogen) atoms. The molecule has 1 atom stereocenters. The largest absolute Gasteiger partial charge is 0.444 e. The molecule has 0 unspecified atom stereocenters. The van der Waals surface area contributed by atoms with Crippen LogP contribution in [0, 0.1) is 6.92 Å². The number of hydrogen-bond acceptors (Lipinski definition) is 6. The van der Waals surface area contributed by atoms with Gasteiger partial charge in [-0.2, -0.15) is 5.10 Å². The fraction of sp³-hybridized carbons (Fsp3) is 0.632. The number of nitrogen functional groups attached to an aromatic ring is 1. The number of carbonyl (C=O) groups is 1. The topological polar surface area (TPSA) is 89.0 Å². The number of aromatic nitrogens is 3. The van der Waals surface area contributed by atoms with E-state index in [9.17, 15) is 4.79 Å². The second-order valence-electron chi connectivity index (χ2n) is 8.17. The van der Waals surface area contributed by atoms with E-state index in [1.165, 1.54) is 0 Å². The van der Waals surface area contributed by atoms with Crippen LogP contribution in [0.3, 0.4) is 0 Å². The van der Waals surface area contributed by atoms with Crippen LogP contribution >= 0.6 is 0 Å². The lowest BCUT2D eigenvalue weighted by molar-refractivity contribution is 0.0158. The van der Waals surface area contributed by atoms with Gasteiger partial charge in [0.25, 0.3) is 0 Å². The summed E-state index contributed by atoms with van der Waals surface area (Å²) >= 11 is 0. The average Bonchev–Trinajstić information content (AvgIpc) is 2.90. The molecule has 2 N–H and O–H groups in total. The highest BCUT2D eigenvalue weighted by atomic mass is 16.6. The summed E-state index contributed by atoms with van der Waals surface area (Å²) < 4.78 is 7.32. The zero-order valence-electron chi connectivity index (χ0n) is 17.1. The van der Waals surface area contributed by atoms with Crippen LogP contribution in [-0.2, 0) is 11.2 Å². The van der Waals surface area contributed by atoms with Gasteiger partial charge >= 0.3 is 6.09 Å². The van der Waals surface area contributed by atoms with E-state index >= 15 is 0 Å². The van der Waals surface area contributed by atoms with E-state index in [1.807, 2.05) is 47.6 Å². The Kier molecular flexibility index (Phi) is 4.92. The zero-order valence-corrected chi connectivity index (χ0v) is 17.1. The van der Waals surface area contributed by atoms with Crippen molar-refractivity contribution < 1.29 is 9.53 Å². The van der Waals surface area contributed by atoms with E-state index in [0.29, 0.717) is 31.0 Å². The molecule has 8 heteroatoms. The lowest BCUT2D eigenvalue weighted by Crippen LogP contribution is -2.55. The molecule has 3 heterocycles. The van der Waals surface area contributed by atoms with Crippen molar-refractivity contribution in [3.05, 3.63) is 17.5 Å². The van der Waals surface area contributed by atoms with E-state index in [2.05, 4.69) is 10.00 Å². The summed E-state index contributed by atoms with van der Waals surface area (Å²) in [7, 11) is 0. The molecule has 0 saturated carbocycles. The molecule has 0 aromatic carbocycles. The first-order valence-electron chi connectivity index (χ1n) is 9.50. The summed E-state index contributed by atoms with van der Waals surface area (Å²) in [5.74, 6) is 0.866. The minimum atomic E-state index is -0.492. The van der Waals surface area contributed by atoms with Crippen molar-refractivity contribution in [3.8, 4) is 0 Å². The Balaban J connectivity index is 1.81. The molecule has 148 valence electrons. The molecule has 1 saturated heterocycles.